The van der Waals surface area contributed by atoms with Gasteiger partial charge in [0.25, 0.3) is 0 Å². The van der Waals surface area contributed by atoms with Crippen LogP contribution in [0.5, 0.6) is 5.75 Å². The number of ether oxygens (including phenoxy) is 1. The molecule has 19 heavy (non-hydrogen) atoms. The largest absolute Gasteiger partial charge is 0.492 e. The summed E-state index contributed by atoms with van der Waals surface area (Å²) in [7, 11) is 1.84. The number of nitrogen functional groups attached to an aromatic ring is 1. The Labute approximate surface area is 113 Å². The second-order valence-electron chi connectivity index (χ2n) is 4.84. The number of nitrogens with two attached hydrogens (primary N) is 1. The summed E-state index contributed by atoms with van der Waals surface area (Å²) in [5.74, 6) is 0.915. The lowest BCUT2D eigenvalue weighted by Crippen LogP contribution is -2.43. The van der Waals surface area contributed by atoms with Crippen molar-refractivity contribution >= 4 is 17.3 Å². The van der Waals surface area contributed by atoms with E-state index < -0.39 is 0 Å². The molecule has 1 fully saturated rings. The molecule has 3 N–H and O–H groups in total. The number of hydrogen-bond acceptors (Lipinski definition) is 4. The Morgan fingerprint density at radius 3 is 3.00 bits per heavy atom. The van der Waals surface area contributed by atoms with Crippen molar-refractivity contribution in [1.29, 1.82) is 0 Å². The van der Waals surface area contributed by atoms with Crippen LogP contribution in [0.4, 0.5) is 11.4 Å². The lowest BCUT2D eigenvalue weighted by atomic mass is 10.1. The lowest BCUT2D eigenvalue weighted by Gasteiger charge is -2.31. The number of carbonyl (C=O) groups is 1. The van der Waals surface area contributed by atoms with Crippen LogP contribution in [0.3, 0.4) is 0 Å². The minimum Gasteiger partial charge on any atom is -0.492 e. The molecule has 1 saturated heterocycles. The highest BCUT2D eigenvalue weighted by atomic mass is 16.5. The minimum absolute atomic E-state index is 0.213. The molecule has 104 valence electrons. The molecule has 5 heteroatoms. The minimum atomic E-state index is 0.213. The van der Waals surface area contributed by atoms with Gasteiger partial charge in [-0.15, -0.1) is 0 Å². The van der Waals surface area contributed by atoms with Gasteiger partial charge < -0.3 is 20.7 Å². The number of hydrogen-bond donors (Lipinski definition) is 2. The van der Waals surface area contributed by atoms with Gasteiger partial charge in [0.05, 0.1) is 12.3 Å². The fourth-order valence-electron chi connectivity index (χ4n) is 2.27. The van der Waals surface area contributed by atoms with Gasteiger partial charge in [-0.1, -0.05) is 0 Å². The van der Waals surface area contributed by atoms with Crippen LogP contribution in [-0.4, -0.2) is 37.0 Å². The maximum atomic E-state index is 11.4. The molecular weight excluding hydrogens is 242 g/mol. The first kappa shape index (κ1) is 13.5. The van der Waals surface area contributed by atoms with Crippen LogP contribution >= 0.6 is 0 Å². The van der Waals surface area contributed by atoms with E-state index in [0.717, 1.165) is 18.7 Å². The summed E-state index contributed by atoms with van der Waals surface area (Å²) in [6.45, 7) is 3.25. The van der Waals surface area contributed by atoms with Gasteiger partial charge in [0.1, 0.15) is 5.75 Å². The van der Waals surface area contributed by atoms with Gasteiger partial charge in [0, 0.05) is 37.8 Å². The first-order valence-corrected chi connectivity index (χ1v) is 6.63. The average molecular weight is 263 g/mol. The maximum Gasteiger partial charge on any atom is 0.222 e. The third kappa shape index (κ3) is 3.30. The van der Waals surface area contributed by atoms with Gasteiger partial charge in [-0.05, 0) is 25.5 Å². The third-order valence-corrected chi connectivity index (χ3v) is 3.31. The standard InChI is InChI=1S/C14H21N3O2/c1-3-19-13-8-10(4-6-12(13)15)16-11-5-7-14(18)17(2)9-11/h4,6,8,11,16H,3,5,7,9,15H2,1-2H3. The Kier molecular flexibility index (Phi) is 4.14. The van der Waals surface area contributed by atoms with Crippen molar-refractivity contribution in [2.24, 2.45) is 0 Å². The van der Waals surface area contributed by atoms with E-state index in [0.29, 0.717) is 24.5 Å². The Morgan fingerprint density at radius 1 is 1.53 bits per heavy atom. The van der Waals surface area contributed by atoms with Crippen molar-refractivity contribution in [1.82, 2.24) is 4.90 Å². The fourth-order valence-corrected chi connectivity index (χ4v) is 2.27. The van der Waals surface area contributed by atoms with Crippen molar-refractivity contribution in [3.8, 4) is 5.75 Å². The molecular formula is C14H21N3O2. The lowest BCUT2D eigenvalue weighted by molar-refractivity contribution is -0.132. The van der Waals surface area contributed by atoms with Crippen LogP contribution in [0.25, 0.3) is 0 Å². The smallest absolute Gasteiger partial charge is 0.222 e. The fraction of sp³-hybridized carbons (Fsp3) is 0.500. The number of carbonyl (C=O) groups excluding carboxylic acids is 1. The van der Waals surface area contributed by atoms with Crippen LogP contribution in [0, 0.1) is 0 Å². The Morgan fingerprint density at radius 2 is 2.32 bits per heavy atom. The molecule has 0 bridgehead atoms. The van der Waals surface area contributed by atoms with Crippen molar-refractivity contribution in [2.75, 3.05) is 31.2 Å². The Balaban J connectivity index is 2.03. The number of nitrogens with zero attached hydrogens (tertiary/aromatic N) is 1. The number of nitrogens with one attached hydrogen (secondary N) is 1. The number of rotatable bonds is 4. The highest BCUT2D eigenvalue weighted by molar-refractivity contribution is 5.77. The maximum absolute atomic E-state index is 11.4. The molecule has 1 aromatic carbocycles. The van der Waals surface area contributed by atoms with Gasteiger partial charge in [-0.3, -0.25) is 4.79 Å². The summed E-state index contributed by atoms with van der Waals surface area (Å²) < 4.78 is 5.48. The quantitative estimate of drug-likeness (QED) is 0.811. The zero-order valence-corrected chi connectivity index (χ0v) is 11.5. The second-order valence-corrected chi connectivity index (χ2v) is 4.84. The SMILES string of the molecule is CCOc1cc(NC2CCC(=O)N(C)C2)ccc1N. The predicted molar refractivity (Wildman–Crippen MR) is 76.3 cm³/mol. The topological polar surface area (TPSA) is 67.6 Å². The van der Waals surface area contributed by atoms with E-state index >= 15 is 0 Å². The van der Waals surface area contributed by atoms with E-state index in [1.807, 2.05) is 32.2 Å². The van der Waals surface area contributed by atoms with E-state index in [9.17, 15) is 4.79 Å². The summed E-state index contributed by atoms with van der Waals surface area (Å²) in [5.41, 5.74) is 7.46. The summed E-state index contributed by atoms with van der Waals surface area (Å²) >= 11 is 0. The summed E-state index contributed by atoms with van der Waals surface area (Å²) in [5, 5.41) is 3.43. The molecule has 1 unspecified atom stereocenters. The zero-order chi connectivity index (χ0) is 13.8. The predicted octanol–water partition coefficient (Wildman–Crippen LogP) is 1.70. The normalized spacial score (nSPS) is 19.4. The molecule has 1 heterocycles. The Bertz CT molecular complexity index is 462. The number of likely N-dealkylation sites (tertiary alicyclic amines) is 1. The second kappa shape index (κ2) is 5.82. The van der Waals surface area contributed by atoms with Crippen molar-refractivity contribution in [3.63, 3.8) is 0 Å². The van der Waals surface area contributed by atoms with Gasteiger partial charge in [-0.2, -0.15) is 0 Å². The van der Waals surface area contributed by atoms with E-state index in [4.69, 9.17) is 10.5 Å². The zero-order valence-electron chi connectivity index (χ0n) is 11.5. The van der Waals surface area contributed by atoms with Gasteiger partial charge in [0.15, 0.2) is 0 Å². The van der Waals surface area contributed by atoms with E-state index in [-0.39, 0.29) is 11.9 Å². The highest BCUT2D eigenvalue weighted by Gasteiger charge is 2.22. The Hall–Kier alpha value is -1.91. The van der Waals surface area contributed by atoms with Gasteiger partial charge >= 0.3 is 0 Å². The molecule has 5 nitrogen and oxygen atoms in total. The molecule has 0 aromatic heterocycles. The van der Waals surface area contributed by atoms with E-state index in [1.165, 1.54) is 0 Å². The van der Waals surface area contributed by atoms with E-state index in [2.05, 4.69) is 5.32 Å². The monoisotopic (exact) mass is 263 g/mol. The number of anilines is 2. The average Bonchev–Trinajstić information content (AvgIpc) is 2.38. The third-order valence-electron chi connectivity index (χ3n) is 3.31. The molecule has 0 spiro atoms. The van der Waals surface area contributed by atoms with Crippen LogP contribution in [-0.2, 0) is 4.79 Å². The number of likely N-dealkylation sites (N-methyl/N-ethyl adjacent to an activating group) is 1. The van der Waals surface area contributed by atoms with Gasteiger partial charge in [-0.25, -0.2) is 0 Å². The number of piperidine rings is 1. The van der Waals surface area contributed by atoms with Crippen LogP contribution < -0.4 is 15.8 Å². The molecule has 1 amide bonds. The first-order chi connectivity index (χ1) is 9.10. The van der Waals surface area contributed by atoms with Crippen LogP contribution in [0.15, 0.2) is 18.2 Å². The molecule has 2 rings (SSSR count). The number of amides is 1. The first-order valence-electron chi connectivity index (χ1n) is 6.63. The molecule has 0 radical (unpaired) electrons. The highest BCUT2D eigenvalue weighted by Crippen LogP contribution is 2.26. The molecule has 1 aromatic rings. The molecule has 1 aliphatic rings. The van der Waals surface area contributed by atoms with Crippen molar-refractivity contribution in [2.45, 2.75) is 25.8 Å². The summed E-state index contributed by atoms with van der Waals surface area (Å²) in [6, 6.07) is 5.97. The molecule has 1 aliphatic heterocycles. The molecule has 0 aliphatic carbocycles. The van der Waals surface area contributed by atoms with Crippen molar-refractivity contribution in [3.05, 3.63) is 18.2 Å². The molecule has 1 atom stereocenters. The summed E-state index contributed by atoms with van der Waals surface area (Å²) in [6.07, 6.45) is 1.46. The van der Waals surface area contributed by atoms with E-state index in [1.54, 1.807) is 4.90 Å². The van der Waals surface area contributed by atoms with Crippen molar-refractivity contribution < 1.29 is 9.53 Å². The summed E-state index contributed by atoms with van der Waals surface area (Å²) in [4.78, 5) is 13.2. The van der Waals surface area contributed by atoms with Crippen LogP contribution in [0.2, 0.25) is 0 Å². The number of benzene rings is 1. The van der Waals surface area contributed by atoms with Gasteiger partial charge in [0.2, 0.25) is 5.91 Å². The molecule has 0 saturated carbocycles. The van der Waals surface area contributed by atoms with Crippen LogP contribution in [0.1, 0.15) is 19.8 Å².